The standard InChI is InChI=1S/C11H9F2NS/c12-8-1-2-9(10(13)5-8)11(14)7-3-4-15-6-7/h1-6,11H,14H2/t11-/m0/s1. The first-order valence-corrected chi connectivity index (χ1v) is 5.35. The number of halogens is 2. The molecule has 0 radical (unpaired) electrons. The summed E-state index contributed by atoms with van der Waals surface area (Å²) < 4.78 is 26.1. The van der Waals surface area contributed by atoms with Crippen LogP contribution in [0.2, 0.25) is 0 Å². The predicted octanol–water partition coefficient (Wildman–Crippen LogP) is 3.07. The second-order valence-corrected chi connectivity index (χ2v) is 3.98. The van der Waals surface area contributed by atoms with Gasteiger partial charge in [0.2, 0.25) is 0 Å². The number of benzene rings is 1. The fourth-order valence-corrected chi connectivity index (χ4v) is 2.08. The average molecular weight is 225 g/mol. The van der Waals surface area contributed by atoms with Gasteiger partial charge in [0.05, 0.1) is 6.04 Å². The van der Waals surface area contributed by atoms with E-state index in [9.17, 15) is 8.78 Å². The van der Waals surface area contributed by atoms with Crippen molar-refractivity contribution in [1.29, 1.82) is 0 Å². The van der Waals surface area contributed by atoms with Gasteiger partial charge in [-0.1, -0.05) is 6.07 Å². The Morgan fingerprint density at radius 2 is 2.00 bits per heavy atom. The molecule has 0 unspecified atom stereocenters. The fourth-order valence-electron chi connectivity index (χ4n) is 1.39. The number of hydrogen-bond donors (Lipinski definition) is 1. The van der Waals surface area contributed by atoms with Gasteiger partial charge in [-0.15, -0.1) is 0 Å². The minimum atomic E-state index is -0.603. The van der Waals surface area contributed by atoms with E-state index < -0.39 is 17.7 Å². The molecule has 0 amide bonds. The van der Waals surface area contributed by atoms with E-state index >= 15 is 0 Å². The van der Waals surface area contributed by atoms with Crippen LogP contribution in [-0.4, -0.2) is 0 Å². The number of nitrogens with two attached hydrogens (primary N) is 1. The molecule has 0 aliphatic carbocycles. The van der Waals surface area contributed by atoms with Gasteiger partial charge in [0.25, 0.3) is 0 Å². The first kappa shape index (κ1) is 10.3. The molecule has 0 saturated heterocycles. The van der Waals surface area contributed by atoms with Crippen molar-refractivity contribution >= 4 is 11.3 Å². The van der Waals surface area contributed by atoms with Crippen molar-refractivity contribution in [2.45, 2.75) is 6.04 Å². The molecular weight excluding hydrogens is 216 g/mol. The lowest BCUT2D eigenvalue weighted by Gasteiger charge is -2.11. The highest BCUT2D eigenvalue weighted by Gasteiger charge is 2.14. The van der Waals surface area contributed by atoms with E-state index in [4.69, 9.17) is 5.73 Å². The highest BCUT2D eigenvalue weighted by atomic mass is 32.1. The molecule has 4 heteroatoms. The highest BCUT2D eigenvalue weighted by Crippen LogP contribution is 2.24. The topological polar surface area (TPSA) is 26.0 Å². The van der Waals surface area contributed by atoms with Crippen LogP contribution >= 0.6 is 11.3 Å². The fraction of sp³-hybridized carbons (Fsp3) is 0.0909. The average Bonchev–Trinajstić information content (AvgIpc) is 2.69. The van der Waals surface area contributed by atoms with Crippen molar-refractivity contribution in [3.8, 4) is 0 Å². The van der Waals surface area contributed by atoms with E-state index in [1.165, 1.54) is 23.5 Å². The van der Waals surface area contributed by atoms with E-state index in [1.54, 1.807) is 0 Å². The third-order valence-corrected chi connectivity index (χ3v) is 2.90. The van der Waals surface area contributed by atoms with Gasteiger partial charge >= 0.3 is 0 Å². The summed E-state index contributed by atoms with van der Waals surface area (Å²) in [5.74, 6) is -1.19. The Morgan fingerprint density at radius 1 is 1.20 bits per heavy atom. The normalized spacial score (nSPS) is 12.7. The largest absolute Gasteiger partial charge is 0.320 e. The summed E-state index contributed by atoms with van der Waals surface area (Å²) in [5.41, 5.74) is 7.01. The molecule has 78 valence electrons. The minimum Gasteiger partial charge on any atom is -0.320 e. The number of rotatable bonds is 2. The minimum absolute atomic E-state index is 0.315. The maximum Gasteiger partial charge on any atom is 0.131 e. The monoisotopic (exact) mass is 225 g/mol. The molecule has 1 heterocycles. The van der Waals surface area contributed by atoms with Crippen LogP contribution in [0, 0.1) is 11.6 Å². The van der Waals surface area contributed by atoms with Crippen LogP contribution in [0.4, 0.5) is 8.78 Å². The molecule has 1 nitrogen and oxygen atoms in total. The van der Waals surface area contributed by atoms with Crippen LogP contribution in [-0.2, 0) is 0 Å². The molecule has 0 aliphatic rings. The molecule has 0 spiro atoms. The van der Waals surface area contributed by atoms with E-state index in [0.717, 1.165) is 11.6 Å². The summed E-state index contributed by atoms with van der Waals surface area (Å²) in [6, 6.07) is 4.74. The summed E-state index contributed by atoms with van der Waals surface area (Å²) in [7, 11) is 0. The second kappa shape index (κ2) is 4.08. The summed E-state index contributed by atoms with van der Waals surface area (Å²) in [6.07, 6.45) is 0. The SMILES string of the molecule is N[C@@H](c1ccsc1)c1ccc(F)cc1F. The van der Waals surface area contributed by atoms with Crippen LogP contribution < -0.4 is 5.73 Å². The third kappa shape index (κ3) is 2.06. The van der Waals surface area contributed by atoms with Crippen LogP contribution in [0.25, 0.3) is 0 Å². The molecule has 2 N–H and O–H groups in total. The Labute approximate surface area is 90.2 Å². The van der Waals surface area contributed by atoms with Crippen LogP contribution in [0.15, 0.2) is 35.0 Å². The van der Waals surface area contributed by atoms with E-state index in [-0.39, 0.29) is 0 Å². The van der Waals surface area contributed by atoms with Crippen molar-refractivity contribution in [2.75, 3.05) is 0 Å². The Balaban J connectivity index is 2.38. The maximum absolute atomic E-state index is 13.4. The Morgan fingerprint density at radius 3 is 2.60 bits per heavy atom. The molecule has 1 aromatic heterocycles. The van der Waals surface area contributed by atoms with Gasteiger partial charge in [-0.05, 0) is 28.5 Å². The summed E-state index contributed by atoms with van der Waals surface area (Å²) >= 11 is 1.50. The molecule has 0 saturated carbocycles. The zero-order valence-corrected chi connectivity index (χ0v) is 8.60. The predicted molar refractivity (Wildman–Crippen MR) is 56.7 cm³/mol. The molecule has 0 fully saturated rings. The molecule has 2 aromatic rings. The molecule has 15 heavy (non-hydrogen) atoms. The zero-order chi connectivity index (χ0) is 10.8. The Bertz CT molecular complexity index is 454. The maximum atomic E-state index is 13.4. The van der Waals surface area contributed by atoms with Crippen molar-refractivity contribution < 1.29 is 8.78 Å². The van der Waals surface area contributed by atoms with E-state index in [1.807, 2.05) is 16.8 Å². The lowest BCUT2D eigenvalue weighted by molar-refractivity contribution is 0.566. The summed E-state index contributed by atoms with van der Waals surface area (Å²) in [4.78, 5) is 0. The molecule has 0 aliphatic heterocycles. The van der Waals surface area contributed by atoms with Crippen LogP contribution in [0.5, 0.6) is 0 Å². The quantitative estimate of drug-likeness (QED) is 0.835. The molecular formula is C11H9F2NS. The van der Waals surface area contributed by atoms with E-state index in [0.29, 0.717) is 5.56 Å². The van der Waals surface area contributed by atoms with Gasteiger partial charge in [0.15, 0.2) is 0 Å². The molecule has 1 atom stereocenters. The van der Waals surface area contributed by atoms with Crippen LogP contribution in [0.1, 0.15) is 17.2 Å². The summed E-state index contributed by atoms with van der Waals surface area (Å²) in [5, 5.41) is 3.73. The van der Waals surface area contributed by atoms with Crippen molar-refractivity contribution in [1.82, 2.24) is 0 Å². The number of hydrogen-bond acceptors (Lipinski definition) is 2. The third-order valence-electron chi connectivity index (χ3n) is 2.20. The number of thiophene rings is 1. The highest BCUT2D eigenvalue weighted by molar-refractivity contribution is 7.08. The van der Waals surface area contributed by atoms with Gasteiger partial charge in [0, 0.05) is 11.6 Å². The smallest absolute Gasteiger partial charge is 0.131 e. The van der Waals surface area contributed by atoms with Crippen molar-refractivity contribution in [3.05, 3.63) is 57.8 Å². The van der Waals surface area contributed by atoms with Gasteiger partial charge < -0.3 is 5.73 Å². The zero-order valence-electron chi connectivity index (χ0n) is 7.78. The van der Waals surface area contributed by atoms with Crippen molar-refractivity contribution in [3.63, 3.8) is 0 Å². The summed E-state index contributed by atoms with van der Waals surface area (Å²) in [6.45, 7) is 0. The first-order valence-electron chi connectivity index (χ1n) is 4.41. The Kier molecular flexibility index (Phi) is 2.79. The van der Waals surface area contributed by atoms with Crippen molar-refractivity contribution in [2.24, 2.45) is 5.73 Å². The van der Waals surface area contributed by atoms with Gasteiger partial charge in [0.1, 0.15) is 11.6 Å². The van der Waals surface area contributed by atoms with Gasteiger partial charge in [-0.2, -0.15) is 11.3 Å². The lowest BCUT2D eigenvalue weighted by Crippen LogP contribution is -2.12. The first-order chi connectivity index (χ1) is 7.18. The van der Waals surface area contributed by atoms with Gasteiger partial charge in [-0.3, -0.25) is 0 Å². The van der Waals surface area contributed by atoms with E-state index in [2.05, 4.69) is 0 Å². The van der Waals surface area contributed by atoms with Gasteiger partial charge in [-0.25, -0.2) is 8.78 Å². The Hall–Kier alpha value is -1.26. The lowest BCUT2D eigenvalue weighted by atomic mass is 10.0. The molecule has 2 rings (SSSR count). The second-order valence-electron chi connectivity index (χ2n) is 3.20. The molecule has 0 bridgehead atoms. The molecule has 1 aromatic carbocycles. The van der Waals surface area contributed by atoms with Crippen LogP contribution in [0.3, 0.4) is 0 Å².